The standard InChI is InChI=1S/C32H27ClN4O3/c33-26-10-4-8-23(21-7-3-9-24-22(21)13-14-35-30(24)38)29(26)18-11-12-25-27(15-18)36-32(40)37(31(25)39)28-17-34-16-19-5-1-2-6-20(19)28/h1-10,16-18,25,27H,11-15H2,(H,35,38)(H,36,40). The molecule has 3 unspecified atom stereocenters. The van der Waals surface area contributed by atoms with Gasteiger partial charge in [-0.05, 0) is 66.0 Å². The number of halogens is 1. The normalized spacial score (nSPS) is 22.4. The highest BCUT2D eigenvalue weighted by atomic mass is 35.5. The second-order valence-corrected chi connectivity index (χ2v) is 11.2. The van der Waals surface area contributed by atoms with Crippen LogP contribution in [0.5, 0.6) is 0 Å². The second-order valence-electron chi connectivity index (χ2n) is 10.8. The maximum Gasteiger partial charge on any atom is 0.329 e. The number of hydrogen-bond acceptors (Lipinski definition) is 4. The van der Waals surface area contributed by atoms with Crippen molar-refractivity contribution in [1.82, 2.24) is 15.6 Å². The van der Waals surface area contributed by atoms with Gasteiger partial charge < -0.3 is 10.6 Å². The predicted molar refractivity (Wildman–Crippen MR) is 155 cm³/mol. The zero-order valence-corrected chi connectivity index (χ0v) is 22.4. The number of pyridine rings is 1. The predicted octanol–water partition coefficient (Wildman–Crippen LogP) is 5.85. The molecule has 1 saturated carbocycles. The van der Waals surface area contributed by atoms with Gasteiger partial charge in [0.05, 0.1) is 17.8 Å². The highest BCUT2D eigenvalue weighted by Crippen LogP contribution is 2.46. The monoisotopic (exact) mass is 550 g/mol. The van der Waals surface area contributed by atoms with Crippen molar-refractivity contribution in [2.45, 2.75) is 37.6 Å². The van der Waals surface area contributed by atoms with Gasteiger partial charge in [-0.1, -0.05) is 60.1 Å². The average Bonchev–Trinajstić information content (AvgIpc) is 2.97. The van der Waals surface area contributed by atoms with E-state index in [1.54, 1.807) is 12.4 Å². The lowest BCUT2D eigenvalue weighted by molar-refractivity contribution is -0.124. The van der Waals surface area contributed by atoms with Crippen LogP contribution >= 0.6 is 11.6 Å². The molecule has 2 aliphatic heterocycles. The number of hydrogen-bond donors (Lipinski definition) is 2. The number of nitrogens with one attached hydrogen (secondary N) is 2. The molecule has 2 fully saturated rings. The molecule has 1 aromatic heterocycles. The van der Waals surface area contributed by atoms with Gasteiger partial charge >= 0.3 is 6.03 Å². The fraction of sp³-hybridized carbons (Fsp3) is 0.250. The Kier molecular flexibility index (Phi) is 6.04. The number of carbonyl (C=O) groups excluding carboxylic acids is 3. The highest BCUT2D eigenvalue weighted by Gasteiger charge is 2.46. The SMILES string of the molecule is O=C1NCCc2c1cccc2-c1cccc(Cl)c1C1CCC2C(=O)N(c3cncc4ccccc34)C(=O)NC2C1. The van der Waals surface area contributed by atoms with Crippen molar-refractivity contribution in [1.29, 1.82) is 0 Å². The lowest BCUT2D eigenvalue weighted by Gasteiger charge is -2.43. The summed E-state index contributed by atoms with van der Waals surface area (Å²) >= 11 is 6.87. The van der Waals surface area contributed by atoms with E-state index in [1.165, 1.54) is 4.90 Å². The number of imide groups is 1. The number of carbonyl (C=O) groups is 3. The summed E-state index contributed by atoms with van der Waals surface area (Å²) < 4.78 is 0. The molecule has 0 radical (unpaired) electrons. The maximum atomic E-state index is 13.8. The number of fused-ring (bicyclic) bond motifs is 3. The summed E-state index contributed by atoms with van der Waals surface area (Å²) in [5.41, 5.74) is 5.29. The molecular weight excluding hydrogens is 524 g/mol. The van der Waals surface area contributed by atoms with Crippen LogP contribution in [0.15, 0.2) is 73.1 Å². The van der Waals surface area contributed by atoms with Crippen molar-refractivity contribution >= 4 is 45.9 Å². The first-order chi connectivity index (χ1) is 19.5. The van der Waals surface area contributed by atoms with Crippen LogP contribution in [0.4, 0.5) is 10.5 Å². The molecule has 8 heteroatoms. The smallest absolute Gasteiger partial charge is 0.329 e. The first kappa shape index (κ1) is 24.8. The number of anilines is 1. The Bertz CT molecular complexity index is 1700. The Morgan fingerprint density at radius 2 is 1.68 bits per heavy atom. The van der Waals surface area contributed by atoms with Crippen molar-refractivity contribution in [3.8, 4) is 11.1 Å². The molecule has 7 rings (SSSR count). The summed E-state index contributed by atoms with van der Waals surface area (Å²) in [7, 11) is 0. The van der Waals surface area contributed by atoms with E-state index >= 15 is 0 Å². The van der Waals surface area contributed by atoms with Gasteiger partial charge in [-0.2, -0.15) is 0 Å². The van der Waals surface area contributed by atoms with E-state index in [2.05, 4.69) is 27.8 Å². The third-order valence-electron chi connectivity index (χ3n) is 8.62. The number of amides is 4. The van der Waals surface area contributed by atoms with Gasteiger partial charge in [0.1, 0.15) is 0 Å². The quantitative estimate of drug-likeness (QED) is 0.335. The number of aromatic nitrogens is 1. The van der Waals surface area contributed by atoms with Crippen molar-refractivity contribution in [2.75, 3.05) is 11.4 Å². The third-order valence-corrected chi connectivity index (χ3v) is 8.95. The van der Waals surface area contributed by atoms with E-state index in [4.69, 9.17) is 11.6 Å². The summed E-state index contributed by atoms with van der Waals surface area (Å²) in [5.74, 6) is -0.515. The molecule has 2 N–H and O–H groups in total. The highest BCUT2D eigenvalue weighted by molar-refractivity contribution is 6.32. The van der Waals surface area contributed by atoms with Gasteiger partial charge in [-0.3, -0.25) is 14.6 Å². The molecule has 4 aromatic rings. The molecule has 1 saturated heterocycles. The number of rotatable bonds is 3. The lowest BCUT2D eigenvalue weighted by Crippen LogP contribution is -2.61. The molecule has 3 aromatic carbocycles. The lowest BCUT2D eigenvalue weighted by atomic mass is 9.72. The fourth-order valence-electron chi connectivity index (χ4n) is 6.79. The Balaban J connectivity index is 1.21. The summed E-state index contributed by atoms with van der Waals surface area (Å²) in [6.45, 7) is 0.600. The first-order valence-electron chi connectivity index (χ1n) is 13.7. The summed E-state index contributed by atoms with van der Waals surface area (Å²) in [6, 6.07) is 18.6. The summed E-state index contributed by atoms with van der Waals surface area (Å²) in [6.07, 6.45) is 6.07. The first-order valence-corrected chi connectivity index (χ1v) is 14.0. The Hall–Kier alpha value is -4.23. The van der Waals surface area contributed by atoms with Crippen molar-refractivity contribution in [2.24, 2.45) is 5.92 Å². The van der Waals surface area contributed by atoms with Gasteiger partial charge in [-0.25, -0.2) is 9.69 Å². The van der Waals surface area contributed by atoms with Crippen LogP contribution in [-0.4, -0.2) is 35.4 Å². The number of nitrogens with zero attached hydrogens (tertiary/aromatic N) is 2. The molecule has 1 aliphatic carbocycles. The molecule has 0 bridgehead atoms. The van der Waals surface area contributed by atoms with Crippen LogP contribution in [0.25, 0.3) is 21.9 Å². The molecule has 0 spiro atoms. The maximum absolute atomic E-state index is 13.8. The van der Waals surface area contributed by atoms with Crippen LogP contribution in [0.1, 0.15) is 46.7 Å². The van der Waals surface area contributed by atoms with Gasteiger partial charge in [0.2, 0.25) is 5.91 Å². The van der Waals surface area contributed by atoms with E-state index in [9.17, 15) is 14.4 Å². The topological polar surface area (TPSA) is 91.4 Å². The summed E-state index contributed by atoms with van der Waals surface area (Å²) in [5, 5.41) is 8.41. The minimum Gasteiger partial charge on any atom is -0.352 e. The van der Waals surface area contributed by atoms with E-state index in [0.717, 1.165) is 45.9 Å². The minimum atomic E-state index is -0.424. The molecular formula is C32H27ClN4O3. The Morgan fingerprint density at radius 3 is 2.58 bits per heavy atom. The molecule has 4 amide bonds. The van der Waals surface area contributed by atoms with Crippen LogP contribution in [0.3, 0.4) is 0 Å². The van der Waals surface area contributed by atoms with Crippen molar-refractivity contribution in [3.63, 3.8) is 0 Å². The largest absolute Gasteiger partial charge is 0.352 e. The molecule has 7 nitrogen and oxygen atoms in total. The molecule has 3 heterocycles. The van der Waals surface area contributed by atoms with Crippen molar-refractivity contribution < 1.29 is 14.4 Å². The van der Waals surface area contributed by atoms with E-state index < -0.39 is 6.03 Å². The van der Waals surface area contributed by atoms with Gasteiger partial charge in [0.15, 0.2) is 0 Å². The second kappa shape index (κ2) is 9.75. The summed E-state index contributed by atoms with van der Waals surface area (Å²) in [4.78, 5) is 45.2. The van der Waals surface area contributed by atoms with Crippen LogP contribution < -0.4 is 15.5 Å². The van der Waals surface area contributed by atoms with Crippen LogP contribution in [0, 0.1) is 5.92 Å². The van der Waals surface area contributed by atoms with Gasteiger partial charge in [-0.15, -0.1) is 0 Å². The van der Waals surface area contributed by atoms with E-state index in [0.29, 0.717) is 35.7 Å². The van der Waals surface area contributed by atoms with Crippen LogP contribution in [-0.2, 0) is 11.2 Å². The molecule has 3 atom stereocenters. The van der Waals surface area contributed by atoms with Gasteiger partial charge in [0, 0.05) is 40.1 Å². The Morgan fingerprint density at radius 1 is 0.875 bits per heavy atom. The van der Waals surface area contributed by atoms with E-state index in [-0.39, 0.29) is 29.7 Å². The zero-order chi connectivity index (χ0) is 27.4. The fourth-order valence-corrected chi connectivity index (χ4v) is 7.12. The van der Waals surface area contributed by atoms with E-state index in [1.807, 2.05) is 48.5 Å². The van der Waals surface area contributed by atoms with Crippen molar-refractivity contribution in [3.05, 3.63) is 94.8 Å². The number of benzene rings is 3. The van der Waals surface area contributed by atoms with Crippen LogP contribution in [0.2, 0.25) is 5.02 Å². The third kappa shape index (κ3) is 3.95. The molecule has 200 valence electrons. The molecule has 3 aliphatic rings. The number of urea groups is 1. The Labute approximate surface area is 236 Å². The zero-order valence-electron chi connectivity index (χ0n) is 21.7. The average molecular weight is 551 g/mol. The molecule has 40 heavy (non-hydrogen) atoms. The van der Waals surface area contributed by atoms with Gasteiger partial charge in [0.25, 0.3) is 5.91 Å². The minimum absolute atomic E-state index is 0.0529.